The molecule has 2 aliphatic rings. The number of ether oxygens (including phenoxy) is 1. The molecule has 4 heteroatoms. The van der Waals surface area contributed by atoms with Crippen LogP contribution in [0.2, 0.25) is 0 Å². The van der Waals surface area contributed by atoms with Crippen LogP contribution in [0.15, 0.2) is 0 Å². The third-order valence-electron chi connectivity index (χ3n) is 2.32. The average Bonchev–Trinajstić information content (AvgIpc) is 2.27. The van der Waals surface area contributed by atoms with Gasteiger partial charge in [0.25, 0.3) is 0 Å². The first-order chi connectivity index (χ1) is 4.86. The summed E-state index contributed by atoms with van der Waals surface area (Å²) < 4.78 is 5.45. The SMILES string of the molecule is Cl.O[C@@H]1C[C@@H]2OCCN[C@@H]2C1. The summed E-state index contributed by atoms with van der Waals surface area (Å²) in [5, 5.41) is 12.6. The molecule has 2 fully saturated rings. The van der Waals surface area contributed by atoms with E-state index in [1.54, 1.807) is 0 Å². The van der Waals surface area contributed by atoms with Gasteiger partial charge < -0.3 is 15.2 Å². The number of nitrogens with one attached hydrogen (secondary N) is 1. The molecular weight excluding hydrogens is 166 g/mol. The number of halogens is 1. The van der Waals surface area contributed by atoms with Crippen LogP contribution < -0.4 is 5.32 Å². The van der Waals surface area contributed by atoms with E-state index in [2.05, 4.69) is 5.32 Å². The zero-order chi connectivity index (χ0) is 6.97. The molecule has 11 heavy (non-hydrogen) atoms. The van der Waals surface area contributed by atoms with Gasteiger partial charge in [-0.05, 0) is 6.42 Å². The number of fused-ring (bicyclic) bond motifs is 1. The van der Waals surface area contributed by atoms with E-state index < -0.39 is 0 Å². The molecule has 0 amide bonds. The lowest BCUT2D eigenvalue weighted by Gasteiger charge is -2.26. The van der Waals surface area contributed by atoms with Crippen molar-refractivity contribution in [2.24, 2.45) is 0 Å². The maximum atomic E-state index is 9.24. The third kappa shape index (κ3) is 1.85. The van der Waals surface area contributed by atoms with Crippen molar-refractivity contribution in [3.8, 4) is 0 Å². The van der Waals surface area contributed by atoms with Crippen LogP contribution in [0.5, 0.6) is 0 Å². The number of aliphatic hydroxyl groups is 1. The van der Waals surface area contributed by atoms with E-state index in [1.165, 1.54) is 0 Å². The monoisotopic (exact) mass is 179 g/mol. The van der Waals surface area contributed by atoms with E-state index in [0.29, 0.717) is 6.04 Å². The quantitative estimate of drug-likeness (QED) is 0.547. The van der Waals surface area contributed by atoms with Gasteiger partial charge in [0.15, 0.2) is 0 Å². The molecule has 0 aromatic rings. The average molecular weight is 180 g/mol. The van der Waals surface area contributed by atoms with Crippen LogP contribution in [-0.4, -0.2) is 36.5 Å². The highest BCUT2D eigenvalue weighted by molar-refractivity contribution is 5.85. The highest BCUT2D eigenvalue weighted by Crippen LogP contribution is 2.24. The van der Waals surface area contributed by atoms with Crippen LogP contribution in [-0.2, 0) is 4.74 Å². The van der Waals surface area contributed by atoms with Gasteiger partial charge in [0.2, 0.25) is 0 Å². The molecule has 0 bridgehead atoms. The van der Waals surface area contributed by atoms with Crippen molar-refractivity contribution in [3.63, 3.8) is 0 Å². The fourth-order valence-electron chi connectivity index (χ4n) is 1.83. The highest BCUT2D eigenvalue weighted by atomic mass is 35.5. The molecule has 1 aliphatic heterocycles. The molecule has 3 nitrogen and oxygen atoms in total. The van der Waals surface area contributed by atoms with Gasteiger partial charge in [-0.25, -0.2) is 0 Å². The van der Waals surface area contributed by atoms with Crippen molar-refractivity contribution in [1.29, 1.82) is 0 Å². The van der Waals surface area contributed by atoms with Gasteiger partial charge in [0.1, 0.15) is 0 Å². The largest absolute Gasteiger partial charge is 0.393 e. The summed E-state index contributed by atoms with van der Waals surface area (Å²) in [6.07, 6.45) is 1.83. The number of hydrogen-bond donors (Lipinski definition) is 2. The molecule has 0 unspecified atom stereocenters. The summed E-state index contributed by atoms with van der Waals surface area (Å²) in [7, 11) is 0. The summed E-state index contributed by atoms with van der Waals surface area (Å²) in [6, 6.07) is 0.420. The summed E-state index contributed by atoms with van der Waals surface area (Å²) in [5.41, 5.74) is 0. The molecule has 2 N–H and O–H groups in total. The zero-order valence-electron chi connectivity index (χ0n) is 6.32. The Morgan fingerprint density at radius 3 is 2.91 bits per heavy atom. The first kappa shape index (κ1) is 9.26. The van der Waals surface area contributed by atoms with Crippen LogP contribution in [0.4, 0.5) is 0 Å². The summed E-state index contributed by atoms with van der Waals surface area (Å²) in [5.74, 6) is 0. The van der Waals surface area contributed by atoms with Crippen molar-refractivity contribution < 1.29 is 9.84 Å². The molecule has 0 spiro atoms. The van der Waals surface area contributed by atoms with Gasteiger partial charge >= 0.3 is 0 Å². The van der Waals surface area contributed by atoms with Gasteiger partial charge in [-0.1, -0.05) is 0 Å². The Hall–Kier alpha value is 0.170. The van der Waals surface area contributed by atoms with Crippen LogP contribution in [0.25, 0.3) is 0 Å². The summed E-state index contributed by atoms with van der Waals surface area (Å²) >= 11 is 0. The van der Waals surface area contributed by atoms with Crippen molar-refractivity contribution in [2.45, 2.75) is 31.1 Å². The maximum absolute atomic E-state index is 9.24. The van der Waals surface area contributed by atoms with E-state index in [-0.39, 0.29) is 24.6 Å². The van der Waals surface area contributed by atoms with E-state index in [0.717, 1.165) is 26.0 Å². The first-order valence-corrected chi connectivity index (χ1v) is 3.89. The minimum Gasteiger partial charge on any atom is -0.393 e. The van der Waals surface area contributed by atoms with Crippen LogP contribution in [0.3, 0.4) is 0 Å². The van der Waals surface area contributed by atoms with Crippen molar-refractivity contribution in [1.82, 2.24) is 5.32 Å². The Balaban J connectivity index is 0.000000605. The highest BCUT2D eigenvalue weighted by Gasteiger charge is 2.35. The number of rotatable bonds is 0. The molecule has 1 aliphatic carbocycles. The molecular formula is C7H14ClNO2. The lowest BCUT2D eigenvalue weighted by molar-refractivity contribution is 0.00774. The number of morpholine rings is 1. The Morgan fingerprint density at radius 1 is 1.36 bits per heavy atom. The third-order valence-corrected chi connectivity index (χ3v) is 2.32. The second kappa shape index (κ2) is 3.72. The molecule has 0 radical (unpaired) electrons. The Bertz CT molecular complexity index is 120. The van der Waals surface area contributed by atoms with E-state index in [4.69, 9.17) is 4.74 Å². The predicted molar refractivity (Wildman–Crippen MR) is 44.0 cm³/mol. The fraction of sp³-hybridized carbons (Fsp3) is 1.00. The van der Waals surface area contributed by atoms with Crippen LogP contribution >= 0.6 is 12.4 Å². The van der Waals surface area contributed by atoms with Gasteiger partial charge in [0.05, 0.1) is 18.8 Å². The minimum atomic E-state index is -0.138. The molecule has 0 aromatic carbocycles. The lowest BCUT2D eigenvalue weighted by Crippen LogP contribution is -2.44. The van der Waals surface area contributed by atoms with E-state index in [9.17, 15) is 5.11 Å². The van der Waals surface area contributed by atoms with Crippen molar-refractivity contribution >= 4 is 12.4 Å². The second-order valence-electron chi connectivity index (χ2n) is 3.10. The Kier molecular flexibility index (Phi) is 3.13. The fourth-order valence-corrected chi connectivity index (χ4v) is 1.83. The molecule has 2 rings (SSSR count). The molecule has 0 aromatic heterocycles. The minimum absolute atomic E-state index is 0. The Labute approximate surface area is 72.5 Å². The van der Waals surface area contributed by atoms with Gasteiger partial charge in [0, 0.05) is 19.0 Å². The van der Waals surface area contributed by atoms with E-state index in [1.807, 2.05) is 0 Å². The van der Waals surface area contributed by atoms with E-state index >= 15 is 0 Å². The molecule has 3 atom stereocenters. The number of hydrogen-bond acceptors (Lipinski definition) is 3. The standard InChI is InChI=1S/C7H13NO2.ClH/c9-5-3-6-7(4-5)10-2-1-8-6;/h5-9H,1-4H2;1H/t5-,6+,7-;/m0./s1. The van der Waals surface area contributed by atoms with Gasteiger partial charge in [-0.2, -0.15) is 0 Å². The van der Waals surface area contributed by atoms with Crippen LogP contribution in [0, 0.1) is 0 Å². The van der Waals surface area contributed by atoms with Crippen molar-refractivity contribution in [3.05, 3.63) is 0 Å². The van der Waals surface area contributed by atoms with Crippen LogP contribution in [0.1, 0.15) is 12.8 Å². The Morgan fingerprint density at radius 2 is 2.18 bits per heavy atom. The maximum Gasteiger partial charge on any atom is 0.0754 e. The molecule has 66 valence electrons. The molecule has 1 heterocycles. The molecule has 1 saturated heterocycles. The lowest BCUT2D eigenvalue weighted by atomic mass is 10.2. The molecule has 1 saturated carbocycles. The normalized spacial score (nSPS) is 42.8. The van der Waals surface area contributed by atoms with Gasteiger partial charge in [-0.3, -0.25) is 0 Å². The predicted octanol–water partition coefficient (Wildman–Crippen LogP) is -0.0801. The second-order valence-corrected chi connectivity index (χ2v) is 3.10. The number of aliphatic hydroxyl groups excluding tert-OH is 1. The van der Waals surface area contributed by atoms with Crippen molar-refractivity contribution in [2.75, 3.05) is 13.2 Å². The smallest absolute Gasteiger partial charge is 0.0754 e. The zero-order valence-corrected chi connectivity index (χ0v) is 7.14. The first-order valence-electron chi connectivity index (χ1n) is 3.89. The summed E-state index contributed by atoms with van der Waals surface area (Å²) in [6.45, 7) is 1.74. The topological polar surface area (TPSA) is 41.5 Å². The van der Waals surface area contributed by atoms with Gasteiger partial charge in [-0.15, -0.1) is 12.4 Å². The summed E-state index contributed by atoms with van der Waals surface area (Å²) in [4.78, 5) is 0.